The number of aryl methyl sites for hydroxylation is 3. The van der Waals surface area contributed by atoms with Crippen molar-refractivity contribution in [2.45, 2.75) is 81.8 Å². The van der Waals surface area contributed by atoms with Crippen molar-refractivity contribution in [1.29, 1.82) is 0 Å². The van der Waals surface area contributed by atoms with Crippen LogP contribution in [0.15, 0.2) is 163 Å². The molecule has 0 amide bonds. The maximum absolute atomic E-state index is 12.4. The SMILES string of the molecule is C=C(c1ccc(-c2cnc(C)c(-c3nnc(-c4sccc4OC)o3)n2)cc1)N(C)C.CNCc1ccc(-c2nnc(-c3nc(-c4ccc(S(=O)(=O)C(C)C)cc4)cnc3C)o2)c(OC)c1.Cc1ncc(-c2ccc(S(=O)(=O)C(C)C)cc2)nc1-c1nnc(-c2ccc(CN)s2)o1.[HH].[HH].[HH].[HH].[HH].[HH]. The van der Waals surface area contributed by atoms with Crippen molar-refractivity contribution >= 4 is 48.0 Å². The quantitative estimate of drug-likeness (QED) is 0.0716. The normalized spacial score (nSPS) is 11.5. The number of aromatic nitrogens is 12. The number of nitrogens with one attached hydrogen (secondary N) is 1. The summed E-state index contributed by atoms with van der Waals surface area (Å²) in [5.41, 5.74) is 17.1. The number of methoxy groups -OCH3 is 2. The van der Waals surface area contributed by atoms with E-state index in [1.165, 1.54) is 22.7 Å². The van der Waals surface area contributed by atoms with Crippen LogP contribution < -0.4 is 20.5 Å². The van der Waals surface area contributed by atoms with Crippen molar-refractivity contribution in [3.63, 3.8) is 0 Å². The summed E-state index contributed by atoms with van der Waals surface area (Å²) in [6, 6.07) is 32.7. The van der Waals surface area contributed by atoms with Gasteiger partial charge in [0.1, 0.15) is 33.5 Å². The zero-order valence-corrected chi connectivity index (χ0v) is 57.9. The Labute approximate surface area is 572 Å². The number of ether oxygens (including phenoxy) is 2. The van der Waals surface area contributed by atoms with E-state index in [9.17, 15) is 16.8 Å². The molecule has 8 aromatic heterocycles. The number of hydrogen-bond donors (Lipinski definition) is 2. The third-order valence-corrected chi connectivity index (χ3v) is 21.3. The van der Waals surface area contributed by atoms with Crippen LogP contribution in [0.25, 0.3) is 107 Å². The lowest BCUT2D eigenvalue weighted by molar-refractivity contribution is 0.413. The Hall–Kier alpha value is -10.1. The van der Waals surface area contributed by atoms with Crippen LogP contribution in [0.5, 0.6) is 11.5 Å². The molecule has 0 aliphatic rings. The Balaban J connectivity index is 0.000000316. The van der Waals surface area contributed by atoms with Gasteiger partial charge in [0.05, 0.1) is 97.7 Å². The summed E-state index contributed by atoms with van der Waals surface area (Å²) < 4.78 is 78.1. The predicted octanol–water partition coefficient (Wildman–Crippen LogP) is 14.2. The Morgan fingerprint density at radius 1 is 0.583 bits per heavy atom. The van der Waals surface area contributed by atoms with E-state index in [0.29, 0.717) is 99.3 Å². The summed E-state index contributed by atoms with van der Waals surface area (Å²) in [5, 5.41) is 29.0. The van der Waals surface area contributed by atoms with Gasteiger partial charge in [0, 0.05) is 63.0 Å². The summed E-state index contributed by atoms with van der Waals surface area (Å²) in [4.78, 5) is 32.6. The molecule has 0 unspecified atom stereocenters. The summed E-state index contributed by atoms with van der Waals surface area (Å²) in [6.07, 6.45) is 5.01. The molecule has 12 aromatic rings. The highest BCUT2D eigenvalue weighted by Gasteiger charge is 2.25. The zero-order valence-electron chi connectivity index (χ0n) is 54.7. The lowest BCUT2D eigenvalue weighted by Gasteiger charge is -2.16. The lowest BCUT2D eigenvalue weighted by Crippen LogP contribution is -2.13. The molecular weight excluding hydrogens is 1300 g/mol. The topological polar surface area (TPSA) is 322 Å². The molecule has 28 heteroatoms. The molecule has 0 bridgehead atoms. The van der Waals surface area contributed by atoms with E-state index in [0.717, 1.165) is 53.8 Å². The van der Waals surface area contributed by atoms with Crippen LogP contribution in [0, 0.1) is 20.8 Å². The first-order valence-corrected chi connectivity index (χ1v) is 34.7. The predicted molar refractivity (Wildman–Crippen MR) is 382 cm³/mol. The molecule has 0 saturated carbocycles. The van der Waals surface area contributed by atoms with Gasteiger partial charge in [0.2, 0.25) is 0 Å². The molecule has 0 radical (unpaired) electrons. The highest BCUT2D eigenvalue weighted by Crippen LogP contribution is 2.38. The minimum Gasteiger partial charge on any atom is -0.496 e. The van der Waals surface area contributed by atoms with Gasteiger partial charge in [-0.1, -0.05) is 61.2 Å². The molecule has 12 rings (SSSR count). The van der Waals surface area contributed by atoms with E-state index in [1.807, 2.05) is 106 Å². The number of nitrogens with two attached hydrogens (primary N) is 1. The van der Waals surface area contributed by atoms with Crippen molar-refractivity contribution in [3.8, 4) is 113 Å². The van der Waals surface area contributed by atoms with Crippen molar-refractivity contribution in [3.05, 3.63) is 173 Å². The van der Waals surface area contributed by atoms with Gasteiger partial charge in [0.15, 0.2) is 19.7 Å². The number of thiophene rings is 2. The van der Waals surface area contributed by atoms with Crippen LogP contribution in [0.3, 0.4) is 0 Å². The van der Waals surface area contributed by atoms with Crippen molar-refractivity contribution in [2.75, 3.05) is 35.4 Å². The maximum atomic E-state index is 12.4. The molecule has 0 aliphatic heterocycles. The first kappa shape index (κ1) is 68.8. The fraction of sp³-hybridized carbons (Fsp3) is 0.235. The Kier molecular flexibility index (Phi) is 21.3. The largest absolute Gasteiger partial charge is 0.496 e. The van der Waals surface area contributed by atoms with Gasteiger partial charge in [0.25, 0.3) is 35.3 Å². The highest BCUT2D eigenvalue weighted by atomic mass is 32.2. The molecule has 3 N–H and O–H groups in total. The first-order chi connectivity index (χ1) is 46.0. The van der Waals surface area contributed by atoms with Gasteiger partial charge < -0.3 is 38.7 Å². The van der Waals surface area contributed by atoms with Crippen LogP contribution in [0.2, 0.25) is 0 Å². The molecule has 0 aliphatic carbocycles. The third-order valence-electron chi connectivity index (χ3n) is 15.0. The second kappa shape index (κ2) is 29.7. The monoisotopic (exact) mass is 1380 g/mol. The van der Waals surface area contributed by atoms with Crippen LogP contribution >= 0.6 is 22.7 Å². The smallest absolute Gasteiger partial charge is 0.268 e. The highest BCUT2D eigenvalue weighted by molar-refractivity contribution is 7.92. The van der Waals surface area contributed by atoms with Gasteiger partial charge in [-0.2, -0.15) is 0 Å². The fourth-order valence-corrected chi connectivity index (χ4v) is 13.0. The van der Waals surface area contributed by atoms with Crippen molar-refractivity contribution in [2.24, 2.45) is 5.73 Å². The van der Waals surface area contributed by atoms with Gasteiger partial charge in [-0.3, -0.25) is 15.0 Å². The molecule has 0 spiro atoms. The van der Waals surface area contributed by atoms with Crippen molar-refractivity contribution < 1.29 is 48.1 Å². The van der Waals surface area contributed by atoms with Gasteiger partial charge >= 0.3 is 0 Å². The number of hydrogen-bond acceptors (Lipinski definition) is 26. The molecule has 4 aromatic carbocycles. The molecular formula is C68H81N15O9S4. The van der Waals surface area contributed by atoms with Crippen molar-refractivity contribution in [1.82, 2.24) is 70.7 Å². The average molecular weight is 1380 g/mol. The van der Waals surface area contributed by atoms with Crippen LogP contribution in [-0.4, -0.2) is 128 Å². The molecule has 96 heavy (non-hydrogen) atoms. The average Bonchev–Trinajstić information content (AvgIpc) is 1.37. The van der Waals surface area contributed by atoms with E-state index in [2.05, 4.69) is 67.4 Å². The Morgan fingerprint density at radius 2 is 1.02 bits per heavy atom. The van der Waals surface area contributed by atoms with Crippen LogP contribution in [-0.2, 0) is 32.8 Å². The number of nitrogens with zero attached hydrogens (tertiary/aromatic N) is 13. The number of rotatable bonds is 20. The molecule has 24 nitrogen and oxygen atoms in total. The molecule has 0 fully saturated rings. The molecule has 8 heterocycles. The minimum atomic E-state index is -3.35. The summed E-state index contributed by atoms with van der Waals surface area (Å²) in [7, 11) is 2.34. The third kappa shape index (κ3) is 15.2. The standard InChI is InChI=1S/C25H27N5O4S.C22H21N5O2S.C21H21N5O3S2.6H2/c1-15(2)35(31,32)19-9-7-18(8-10-19)21-14-27-16(3)23(28-21)25-30-29-24(34-25)20-11-6-17(13-26-4)12-22(20)33-5;1-13-19(21-25-26-22(29-21)20-18(28-5)10-11-30-20)24-17(12-23-13)16-8-6-15(7-9-16)14(2)27(3)4;1-12(2)31(27,28)16-7-4-14(5-8-16)17-11-23-13(3)19(24-17)21-26-25-20(29-21)18-9-6-15(10-22)30-18;;;;;;/h6-12,14-15,26H,13H2,1-5H3;6-12H,2H2,1,3-5H3;4-9,11-12H,10,22H2,1-3H3;6*1H. The van der Waals surface area contributed by atoms with E-state index < -0.39 is 30.2 Å². The van der Waals surface area contributed by atoms with E-state index in [4.69, 9.17) is 33.4 Å². The van der Waals surface area contributed by atoms with E-state index in [1.54, 1.807) is 116 Å². The molecule has 0 saturated heterocycles. The number of sulfone groups is 2. The maximum Gasteiger partial charge on any atom is 0.268 e. The first-order valence-electron chi connectivity index (χ1n) is 29.9. The Bertz CT molecular complexity index is 4980. The van der Waals surface area contributed by atoms with Gasteiger partial charge in [-0.25, -0.2) is 31.8 Å². The van der Waals surface area contributed by atoms with E-state index in [-0.39, 0.29) is 30.1 Å². The lowest BCUT2D eigenvalue weighted by atomic mass is 10.1. The second-order valence-corrected chi connectivity index (χ2v) is 29.4. The minimum absolute atomic E-state index is 0. The molecule has 0 atom stereocenters. The summed E-state index contributed by atoms with van der Waals surface area (Å²) in [6.45, 7) is 17.4. The van der Waals surface area contributed by atoms with Crippen LogP contribution in [0.4, 0.5) is 0 Å². The zero-order chi connectivity index (χ0) is 68.6. The fourth-order valence-electron chi connectivity index (χ4n) is 9.34. The van der Waals surface area contributed by atoms with Crippen LogP contribution in [0.1, 0.15) is 69.3 Å². The summed E-state index contributed by atoms with van der Waals surface area (Å²) >= 11 is 2.98. The van der Waals surface area contributed by atoms with Gasteiger partial charge in [-0.05, 0) is 127 Å². The van der Waals surface area contributed by atoms with Gasteiger partial charge in [-0.15, -0.1) is 53.3 Å². The number of benzene rings is 4. The Morgan fingerprint density at radius 3 is 1.46 bits per heavy atom. The molecule has 506 valence electrons. The summed E-state index contributed by atoms with van der Waals surface area (Å²) in [5.74, 6) is 3.25. The second-order valence-electron chi connectivity index (χ2n) is 22.3. The van der Waals surface area contributed by atoms with E-state index >= 15 is 0 Å².